The molecule has 1 aromatic heterocycles. The number of carbonyl (C=O) groups is 1. The maximum atomic E-state index is 13.1. The normalized spacial score (nSPS) is 16.6. The zero-order valence-corrected chi connectivity index (χ0v) is 19.8. The number of nitrogens with zero attached hydrogens (tertiary/aromatic N) is 3. The Morgan fingerprint density at radius 3 is 2.59 bits per heavy atom. The van der Waals surface area contributed by atoms with Crippen LogP contribution in [0.3, 0.4) is 0 Å². The van der Waals surface area contributed by atoms with E-state index in [1.165, 1.54) is 20.0 Å². The molecular weight excluding hydrogens is 440 g/mol. The summed E-state index contributed by atoms with van der Waals surface area (Å²) >= 11 is 0. The van der Waals surface area contributed by atoms with Crippen molar-refractivity contribution < 1.29 is 19.7 Å². The van der Waals surface area contributed by atoms with Crippen LogP contribution in [0.2, 0.25) is 0 Å². The Hall–Kier alpha value is -2.82. The molecule has 1 saturated carbocycles. The molecule has 0 spiro atoms. The lowest BCUT2D eigenvalue weighted by atomic mass is 9.92. The summed E-state index contributed by atoms with van der Waals surface area (Å²) in [5.41, 5.74) is -0.00268. The van der Waals surface area contributed by atoms with Gasteiger partial charge in [-0.1, -0.05) is 31.7 Å². The first-order valence-electron chi connectivity index (χ1n) is 11.7. The van der Waals surface area contributed by atoms with Crippen LogP contribution in [0.1, 0.15) is 54.4 Å². The van der Waals surface area contributed by atoms with Gasteiger partial charge in [-0.25, -0.2) is 4.79 Å². The minimum Gasteiger partial charge on any atom is -0.394 e. The summed E-state index contributed by atoms with van der Waals surface area (Å²) < 4.78 is 6.76. The average molecular weight is 475 g/mol. The second-order valence-corrected chi connectivity index (χ2v) is 8.91. The number of hydrogen-bond donors (Lipinski definition) is 3. The molecule has 34 heavy (non-hydrogen) atoms. The van der Waals surface area contributed by atoms with Crippen LogP contribution in [0.25, 0.3) is 5.69 Å². The molecule has 186 valence electrons. The number of amides is 1. The van der Waals surface area contributed by atoms with Crippen molar-refractivity contribution in [1.82, 2.24) is 19.7 Å². The van der Waals surface area contributed by atoms with E-state index in [0.717, 1.165) is 41.1 Å². The lowest BCUT2D eigenvalue weighted by Gasteiger charge is -2.26. The zero-order chi connectivity index (χ0) is 24.7. The van der Waals surface area contributed by atoms with Gasteiger partial charge in [0.1, 0.15) is 6.20 Å². The van der Waals surface area contributed by atoms with Crippen LogP contribution in [0.15, 0.2) is 34.0 Å². The molecule has 1 heterocycles. The van der Waals surface area contributed by atoms with Gasteiger partial charge < -0.3 is 20.3 Å². The van der Waals surface area contributed by atoms with Crippen molar-refractivity contribution >= 4 is 5.91 Å². The number of hydrogen-bond acceptors (Lipinski definition) is 7. The third-order valence-corrected chi connectivity index (χ3v) is 6.41. The molecule has 0 saturated heterocycles. The number of aliphatic hydroxyl groups excluding tert-OH is 2. The highest BCUT2D eigenvalue weighted by atomic mass is 16.5. The van der Waals surface area contributed by atoms with Gasteiger partial charge in [-0.05, 0) is 43.4 Å². The summed E-state index contributed by atoms with van der Waals surface area (Å²) in [6.45, 7) is 1.38. The fourth-order valence-corrected chi connectivity index (χ4v) is 4.49. The number of aryl methyl sites for hydroxylation is 1. The number of nitrogens with one attached hydrogen (secondary N) is 1. The van der Waals surface area contributed by atoms with Gasteiger partial charge in [0, 0.05) is 12.7 Å². The van der Waals surface area contributed by atoms with E-state index in [9.17, 15) is 24.6 Å². The van der Waals surface area contributed by atoms with Crippen LogP contribution in [-0.4, -0.2) is 62.9 Å². The molecule has 1 amide bonds. The Morgan fingerprint density at radius 1 is 1.24 bits per heavy atom. The van der Waals surface area contributed by atoms with Crippen LogP contribution in [0, 0.1) is 12.8 Å². The number of aliphatic hydroxyl groups is 2. The maximum Gasteiger partial charge on any atom is 0.352 e. The van der Waals surface area contributed by atoms with Gasteiger partial charge in [-0.2, -0.15) is 9.78 Å². The van der Waals surface area contributed by atoms with E-state index in [0.29, 0.717) is 16.8 Å². The standard InChI is InChI=1S/C24H34N4O6/c1-16-9-10-18(28-24(33)27(22(31)12-25-28)13-19(30)15-34-2)11-20(16)23(32)26-21(14-29)17-7-5-3-4-6-8-17/h9-12,17,19,21,29-30H,3-8,13-15H2,1-2H3,(H,26,32). The Kier molecular flexibility index (Phi) is 9.14. The topological polar surface area (TPSA) is 136 Å². The quantitative estimate of drug-likeness (QED) is 0.457. The van der Waals surface area contributed by atoms with E-state index < -0.39 is 17.4 Å². The summed E-state index contributed by atoms with van der Waals surface area (Å²) in [6, 6.07) is 4.54. The van der Waals surface area contributed by atoms with E-state index in [4.69, 9.17) is 4.74 Å². The van der Waals surface area contributed by atoms with Gasteiger partial charge >= 0.3 is 5.69 Å². The molecule has 2 aromatic rings. The summed E-state index contributed by atoms with van der Waals surface area (Å²) in [5.74, 6) is -0.106. The van der Waals surface area contributed by atoms with Crippen molar-refractivity contribution in [2.45, 2.75) is 64.1 Å². The largest absolute Gasteiger partial charge is 0.394 e. The van der Waals surface area contributed by atoms with Crippen molar-refractivity contribution in [2.24, 2.45) is 5.92 Å². The molecule has 10 nitrogen and oxygen atoms in total. The maximum absolute atomic E-state index is 13.1. The second kappa shape index (κ2) is 12.0. The number of aromatic nitrogens is 3. The minimum absolute atomic E-state index is 0.0317. The van der Waals surface area contributed by atoms with Crippen LogP contribution in [0.4, 0.5) is 0 Å². The molecule has 1 aliphatic rings. The number of rotatable bonds is 9. The van der Waals surface area contributed by atoms with E-state index in [1.54, 1.807) is 25.1 Å². The van der Waals surface area contributed by atoms with Gasteiger partial charge in [-0.15, -0.1) is 0 Å². The molecule has 3 N–H and O–H groups in total. The van der Waals surface area contributed by atoms with Crippen LogP contribution in [-0.2, 0) is 11.3 Å². The lowest BCUT2D eigenvalue weighted by Crippen LogP contribution is -2.44. The van der Waals surface area contributed by atoms with Crippen molar-refractivity contribution in [1.29, 1.82) is 0 Å². The number of methoxy groups -OCH3 is 1. The Balaban J connectivity index is 1.88. The van der Waals surface area contributed by atoms with Crippen molar-refractivity contribution in [3.8, 4) is 5.69 Å². The SMILES string of the molecule is COCC(O)Cn1c(=O)cnn(-c2ccc(C)c(C(=O)NC(CO)C3CCCCCC3)c2)c1=O. The zero-order valence-electron chi connectivity index (χ0n) is 19.8. The Bertz CT molecular complexity index is 1090. The van der Waals surface area contributed by atoms with Gasteiger partial charge in [0.05, 0.1) is 37.6 Å². The highest BCUT2D eigenvalue weighted by Crippen LogP contribution is 2.26. The molecule has 0 bridgehead atoms. The predicted octanol–water partition coefficient (Wildman–Crippen LogP) is 0.771. The molecule has 10 heteroatoms. The predicted molar refractivity (Wildman–Crippen MR) is 126 cm³/mol. The van der Waals surface area contributed by atoms with Gasteiger partial charge in [-0.3, -0.25) is 14.2 Å². The first-order valence-corrected chi connectivity index (χ1v) is 11.7. The summed E-state index contributed by atoms with van der Waals surface area (Å²) in [5, 5.41) is 26.8. The number of benzene rings is 1. The van der Waals surface area contributed by atoms with Crippen LogP contribution >= 0.6 is 0 Å². The fraction of sp³-hybridized carbons (Fsp3) is 0.583. The van der Waals surface area contributed by atoms with Gasteiger partial charge in [0.2, 0.25) is 0 Å². The molecule has 0 aliphatic heterocycles. The molecule has 3 rings (SSSR count). The number of ether oxygens (including phenoxy) is 1. The van der Waals surface area contributed by atoms with Crippen LogP contribution < -0.4 is 16.6 Å². The van der Waals surface area contributed by atoms with Gasteiger partial charge in [0.15, 0.2) is 0 Å². The molecule has 2 atom stereocenters. The van der Waals surface area contributed by atoms with Crippen molar-refractivity contribution in [2.75, 3.05) is 20.3 Å². The number of carbonyl (C=O) groups excluding carboxylic acids is 1. The minimum atomic E-state index is -1.04. The molecule has 1 aromatic carbocycles. The highest BCUT2D eigenvalue weighted by molar-refractivity contribution is 5.96. The third kappa shape index (κ3) is 6.19. The Labute approximate surface area is 198 Å². The second-order valence-electron chi connectivity index (χ2n) is 8.91. The monoisotopic (exact) mass is 474 g/mol. The van der Waals surface area contributed by atoms with Gasteiger partial charge in [0.25, 0.3) is 11.5 Å². The fourth-order valence-electron chi connectivity index (χ4n) is 4.49. The van der Waals surface area contributed by atoms with E-state index in [-0.39, 0.29) is 37.6 Å². The molecule has 2 unspecified atom stereocenters. The Morgan fingerprint density at radius 2 is 1.94 bits per heavy atom. The third-order valence-electron chi connectivity index (χ3n) is 6.41. The molecule has 1 fully saturated rings. The molecular formula is C24H34N4O6. The highest BCUT2D eigenvalue weighted by Gasteiger charge is 2.25. The lowest BCUT2D eigenvalue weighted by molar-refractivity contribution is 0.0519. The van der Waals surface area contributed by atoms with E-state index >= 15 is 0 Å². The summed E-state index contributed by atoms with van der Waals surface area (Å²) in [4.78, 5) is 38.2. The molecule has 1 aliphatic carbocycles. The van der Waals surface area contributed by atoms with Crippen molar-refractivity contribution in [3.05, 3.63) is 56.4 Å². The van der Waals surface area contributed by atoms with Crippen molar-refractivity contribution in [3.63, 3.8) is 0 Å². The average Bonchev–Trinajstić information content (AvgIpc) is 3.10. The van der Waals surface area contributed by atoms with E-state index in [1.807, 2.05) is 0 Å². The summed E-state index contributed by atoms with van der Waals surface area (Å²) in [7, 11) is 1.41. The smallest absolute Gasteiger partial charge is 0.352 e. The summed E-state index contributed by atoms with van der Waals surface area (Å²) in [6.07, 6.45) is 6.44. The van der Waals surface area contributed by atoms with E-state index in [2.05, 4.69) is 10.4 Å². The first kappa shape index (κ1) is 25.8. The molecule has 0 radical (unpaired) electrons. The first-order chi connectivity index (χ1) is 16.3. The van der Waals surface area contributed by atoms with Crippen LogP contribution in [0.5, 0.6) is 0 Å².